The first-order chi connectivity index (χ1) is 15.5. The van der Waals surface area contributed by atoms with Gasteiger partial charge < -0.3 is 19.7 Å². The molecule has 0 aromatic heterocycles. The predicted molar refractivity (Wildman–Crippen MR) is 121 cm³/mol. The monoisotopic (exact) mass is 481 g/mol. The quantitative estimate of drug-likeness (QED) is 0.389. The minimum Gasteiger partial charge on any atom is -0.467 e. The van der Waals surface area contributed by atoms with E-state index in [2.05, 4.69) is 14.8 Å². The number of carbonyl (C=O) groups is 3. The maximum absolute atomic E-state index is 12.8. The number of esters is 1. The van der Waals surface area contributed by atoms with E-state index in [4.69, 9.17) is 4.74 Å². The smallest absolute Gasteiger partial charge is 0.328 e. The van der Waals surface area contributed by atoms with Crippen LogP contribution in [0.4, 0.5) is 0 Å². The van der Waals surface area contributed by atoms with Crippen LogP contribution in [0.2, 0.25) is 0 Å². The lowest BCUT2D eigenvalue weighted by Crippen LogP contribution is -2.53. The number of carbonyl (C=O) groups excluding carboxylic acids is 3. The number of morpholine rings is 1. The molecule has 1 aliphatic rings. The average molecular weight is 482 g/mol. The third kappa shape index (κ3) is 7.65. The maximum atomic E-state index is 12.8. The zero-order chi connectivity index (χ0) is 24.6. The molecule has 0 saturated carbocycles. The van der Waals surface area contributed by atoms with Crippen LogP contribution in [-0.4, -0.2) is 76.6 Å². The van der Waals surface area contributed by atoms with Crippen molar-refractivity contribution >= 4 is 33.9 Å². The van der Waals surface area contributed by atoms with Crippen molar-refractivity contribution in [3.8, 4) is 0 Å². The fourth-order valence-electron chi connectivity index (χ4n) is 3.08. The van der Waals surface area contributed by atoms with Crippen molar-refractivity contribution in [3.63, 3.8) is 0 Å². The second-order valence-electron chi connectivity index (χ2n) is 7.94. The standard InChI is InChI=1S/C22H31N3O7S/c1-15(2)20(21(27)23-16(3)22(28)31-4)24-33(29,30)18-8-5-17(6-9-18)7-10-19(26)25-11-13-32-14-12-25/h5-10,15-16,20,24H,11-14H2,1-4H3,(H,23,27)/b10-7+. The van der Waals surface area contributed by atoms with Crippen LogP contribution in [0.1, 0.15) is 26.3 Å². The van der Waals surface area contributed by atoms with Crippen molar-refractivity contribution in [2.75, 3.05) is 33.4 Å². The van der Waals surface area contributed by atoms with E-state index in [0.717, 1.165) is 0 Å². The minimum atomic E-state index is -4.02. The third-order valence-corrected chi connectivity index (χ3v) is 6.53. The Morgan fingerprint density at radius 2 is 1.70 bits per heavy atom. The average Bonchev–Trinajstić information content (AvgIpc) is 2.80. The van der Waals surface area contributed by atoms with E-state index in [1.165, 1.54) is 32.2 Å². The Labute approximate surface area is 194 Å². The molecule has 2 N–H and O–H groups in total. The maximum Gasteiger partial charge on any atom is 0.328 e. The largest absolute Gasteiger partial charge is 0.467 e. The fourth-order valence-corrected chi connectivity index (χ4v) is 4.43. The normalized spacial score (nSPS) is 16.5. The van der Waals surface area contributed by atoms with Crippen molar-refractivity contribution < 1.29 is 32.3 Å². The third-order valence-electron chi connectivity index (χ3n) is 5.08. The Hall–Kier alpha value is -2.76. The molecule has 2 unspecified atom stereocenters. The zero-order valence-electron chi connectivity index (χ0n) is 19.2. The predicted octanol–water partition coefficient (Wildman–Crippen LogP) is 0.539. The van der Waals surface area contributed by atoms with Gasteiger partial charge in [0.1, 0.15) is 12.1 Å². The number of sulfonamides is 1. The van der Waals surface area contributed by atoms with Gasteiger partial charge in [-0.05, 0) is 36.6 Å². The number of benzene rings is 1. The van der Waals surface area contributed by atoms with E-state index in [1.807, 2.05) is 0 Å². The number of nitrogens with zero attached hydrogens (tertiary/aromatic N) is 1. The highest BCUT2D eigenvalue weighted by Crippen LogP contribution is 2.15. The van der Waals surface area contributed by atoms with E-state index in [1.54, 1.807) is 37.0 Å². The molecule has 0 aliphatic carbocycles. The van der Waals surface area contributed by atoms with Gasteiger partial charge in [-0.2, -0.15) is 4.72 Å². The lowest BCUT2D eigenvalue weighted by Gasteiger charge is -2.25. The number of amides is 2. The summed E-state index contributed by atoms with van der Waals surface area (Å²) < 4.78 is 37.9. The molecule has 1 aromatic rings. The highest BCUT2D eigenvalue weighted by atomic mass is 32.2. The summed E-state index contributed by atoms with van der Waals surface area (Å²) in [4.78, 5) is 38.0. The van der Waals surface area contributed by atoms with Crippen LogP contribution in [0.25, 0.3) is 6.08 Å². The lowest BCUT2D eigenvalue weighted by molar-refractivity contribution is -0.144. The van der Waals surface area contributed by atoms with Crippen LogP contribution in [0.3, 0.4) is 0 Å². The Bertz CT molecular complexity index is 968. The first-order valence-electron chi connectivity index (χ1n) is 10.6. The van der Waals surface area contributed by atoms with Gasteiger partial charge in [0, 0.05) is 19.2 Å². The second kappa shape index (κ2) is 11.9. The molecular weight excluding hydrogens is 450 g/mol. The molecular formula is C22H31N3O7S. The molecule has 33 heavy (non-hydrogen) atoms. The molecule has 11 heteroatoms. The summed E-state index contributed by atoms with van der Waals surface area (Å²) in [5, 5.41) is 2.46. The van der Waals surface area contributed by atoms with Crippen molar-refractivity contribution in [3.05, 3.63) is 35.9 Å². The van der Waals surface area contributed by atoms with Crippen LogP contribution in [0.5, 0.6) is 0 Å². The Morgan fingerprint density at radius 1 is 1.09 bits per heavy atom. The van der Waals surface area contributed by atoms with Gasteiger partial charge in [-0.25, -0.2) is 13.2 Å². The van der Waals surface area contributed by atoms with Crippen LogP contribution < -0.4 is 10.0 Å². The molecule has 182 valence electrons. The van der Waals surface area contributed by atoms with Gasteiger partial charge in [0.25, 0.3) is 0 Å². The summed E-state index contributed by atoms with van der Waals surface area (Å²) in [6.07, 6.45) is 3.05. The molecule has 1 fully saturated rings. The Morgan fingerprint density at radius 3 is 2.24 bits per heavy atom. The van der Waals surface area contributed by atoms with Gasteiger partial charge in [-0.1, -0.05) is 26.0 Å². The van der Waals surface area contributed by atoms with Crippen molar-refractivity contribution in [1.82, 2.24) is 14.9 Å². The number of rotatable bonds is 9. The van der Waals surface area contributed by atoms with Gasteiger partial charge in [-0.15, -0.1) is 0 Å². The molecule has 2 amide bonds. The summed E-state index contributed by atoms with van der Waals surface area (Å²) >= 11 is 0. The van der Waals surface area contributed by atoms with E-state index >= 15 is 0 Å². The highest BCUT2D eigenvalue weighted by Gasteiger charge is 2.30. The van der Waals surface area contributed by atoms with Crippen molar-refractivity contribution in [2.45, 2.75) is 37.8 Å². The summed E-state index contributed by atoms with van der Waals surface area (Å²) in [5.41, 5.74) is 0.653. The number of nitrogens with one attached hydrogen (secondary N) is 2. The fraction of sp³-hybridized carbons (Fsp3) is 0.500. The van der Waals surface area contributed by atoms with Crippen molar-refractivity contribution in [2.24, 2.45) is 5.92 Å². The Kier molecular flexibility index (Phi) is 9.56. The first-order valence-corrected chi connectivity index (χ1v) is 12.1. The molecule has 0 radical (unpaired) electrons. The molecule has 0 spiro atoms. The van der Waals surface area contributed by atoms with E-state index in [-0.39, 0.29) is 16.7 Å². The molecule has 2 atom stereocenters. The minimum absolute atomic E-state index is 0.0291. The molecule has 0 bridgehead atoms. The highest BCUT2D eigenvalue weighted by molar-refractivity contribution is 7.89. The summed E-state index contributed by atoms with van der Waals surface area (Å²) in [6, 6.07) is 3.93. The lowest BCUT2D eigenvalue weighted by atomic mass is 10.0. The van der Waals surface area contributed by atoms with E-state index in [9.17, 15) is 22.8 Å². The van der Waals surface area contributed by atoms with Crippen molar-refractivity contribution in [1.29, 1.82) is 0 Å². The molecule has 2 rings (SSSR count). The Balaban J connectivity index is 2.06. The summed E-state index contributed by atoms with van der Waals surface area (Å²) in [7, 11) is -2.82. The molecule has 10 nitrogen and oxygen atoms in total. The number of hydrogen-bond donors (Lipinski definition) is 2. The molecule has 1 heterocycles. The first kappa shape index (κ1) is 26.5. The van der Waals surface area contributed by atoms with Crippen LogP contribution in [-0.2, 0) is 33.9 Å². The number of ether oxygens (including phenoxy) is 2. The number of hydrogen-bond acceptors (Lipinski definition) is 7. The van der Waals surface area contributed by atoms with Gasteiger partial charge in [-0.3, -0.25) is 9.59 Å². The number of methoxy groups -OCH3 is 1. The zero-order valence-corrected chi connectivity index (χ0v) is 20.1. The topological polar surface area (TPSA) is 131 Å². The van der Waals surface area contributed by atoms with Crippen LogP contribution >= 0.6 is 0 Å². The molecule has 1 saturated heterocycles. The SMILES string of the molecule is COC(=O)C(C)NC(=O)C(NS(=O)(=O)c1ccc(/C=C/C(=O)N2CCOCC2)cc1)C(C)C. The summed E-state index contributed by atoms with van der Waals surface area (Å²) in [6.45, 7) is 6.92. The van der Waals surface area contributed by atoms with Gasteiger partial charge in [0.05, 0.1) is 25.2 Å². The second-order valence-corrected chi connectivity index (χ2v) is 9.65. The van der Waals surface area contributed by atoms with Crippen LogP contribution in [0, 0.1) is 5.92 Å². The molecule has 1 aromatic carbocycles. The molecule has 1 aliphatic heterocycles. The summed E-state index contributed by atoms with van der Waals surface area (Å²) in [5.74, 6) is -1.78. The van der Waals surface area contributed by atoms with E-state index < -0.39 is 34.0 Å². The van der Waals surface area contributed by atoms with Crippen LogP contribution in [0.15, 0.2) is 35.2 Å². The van der Waals surface area contributed by atoms with Gasteiger partial charge >= 0.3 is 5.97 Å². The van der Waals surface area contributed by atoms with E-state index in [0.29, 0.717) is 31.9 Å². The van der Waals surface area contributed by atoms with Gasteiger partial charge in [0.2, 0.25) is 21.8 Å². The van der Waals surface area contributed by atoms with Gasteiger partial charge in [0.15, 0.2) is 0 Å².